The predicted octanol–water partition coefficient (Wildman–Crippen LogP) is 12.9. The van der Waals surface area contributed by atoms with Gasteiger partial charge < -0.3 is 5.09 Å². The Morgan fingerprint density at radius 2 is 1.05 bits per heavy atom. The van der Waals surface area contributed by atoms with Crippen molar-refractivity contribution in [3.63, 3.8) is 0 Å². The third-order valence-corrected chi connectivity index (χ3v) is 17.5. The number of para-hydroxylation sites is 1. The average Bonchev–Trinajstić information content (AvgIpc) is 3.02. The quantitative estimate of drug-likeness (QED) is 0.147. The summed E-state index contributed by atoms with van der Waals surface area (Å²) in [5.74, 6) is 1.60. The highest BCUT2D eigenvalue weighted by atomic mass is 32.1. The molecule has 0 fully saturated rings. The van der Waals surface area contributed by atoms with Crippen LogP contribution >= 0.6 is 14.5 Å². The number of hydrogen-bond acceptors (Lipinski definition) is 2. The van der Waals surface area contributed by atoms with E-state index < -0.39 is 14.5 Å². The first-order valence-corrected chi connectivity index (χ1v) is 20.6. The van der Waals surface area contributed by atoms with Crippen LogP contribution in [0.1, 0.15) is 121 Å². The third kappa shape index (κ3) is 7.58. The summed E-state index contributed by atoms with van der Waals surface area (Å²) < 4.78 is 6.24. The molecule has 0 aromatic heterocycles. The minimum absolute atomic E-state index is 0.390. The summed E-state index contributed by atoms with van der Waals surface area (Å²) >= 11 is 0. The van der Waals surface area contributed by atoms with Crippen molar-refractivity contribution in [1.29, 1.82) is 0 Å². The van der Waals surface area contributed by atoms with E-state index in [1.54, 1.807) is 0 Å². The van der Waals surface area contributed by atoms with Gasteiger partial charge in [-0.2, -0.15) is 0 Å². The minimum Gasteiger partial charge on any atom is -0.355 e. The van der Waals surface area contributed by atoms with Gasteiger partial charge in [0.1, 0.15) is 0 Å². The molecule has 2 unspecified atom stereocenters. The predicted molar refractivity (Wildman–Crippen MR) is 201 cm³/mol. The number of nitrogens with zero attached hydrogens (tertiary/aromatic N) is 1. The first-order valence-electron chi connectivity index (χ1n) is 16.7. The van der Waals surface area contributed by atoms with Crippen molar-refractivity contribution in [2.24, 2.45) is 4.74 Å². The molecule has 0 heterocycles. The van der Waals surface area contributed by atoms with Crippen LogP contribution < -0.4 is 15.7 Å². The molecule has 0 aliphatic rings. The van der Waals surface area contributed by atoms with E-state index in [9.17, 15) is 0 Å². The van der Waals surface area contributed by atoms with Gasteiger partial charge in [-0.15, -0.1) is 0 Å². The Morgan fingerprint density at radius 3 is 1.50 bits per heavy atom. The Labute approximate surface area is 269 Å². The maximum absolute atomic E-state index is 6.24. The largest absolute Gasteiger partial charge is 0.355 e. The van der Waals surface area contributed by atoms with E-state index in [0.717, 1.165) is 19.0 Å². The van der Waals surface area contributed by atoms with Gasteiger partial charge in [0, 0.05) is 11.0 Å². The minimum atomic E-state index is -2.24. The zero-order chi connectivity index (χ0) is 31.9. The summed E-state index contributed by atoms with van der Waals surface area (Å²) in [6.45, 7) is 18.7. The van der Waals surface area contributed by atoms with Gasteiger partial charge in [0.25, 0.3) is 0 Å². The molecule has 4 aromatic rings. The van der Waals surface area contributed by atoms with E-state index in [1.807, 2.05) is 0 Å². The normalized spacial score (nSPS) is 13.8. The maximum atomic E-state index is 6.24. The van der Waals surface area contributed by atoms with E-state index in [2.05, 4.69) is 164 Å². The first-order chi connectivity index (χ1) is 21.1. The number of anilines is 1. The molecule has 0 aliphatic heterocycles. The lowest BCUT2D eigenvalue weighted by atomic mass is 9.93. The molecule has 0 amide bonds. The van der Waals surface area contributed by atoms with Crippen LogP contribution in [0.3, 0.4) is 0 Å². The van der Waals surface area contributed by atoms with Gasteiger partial charge in [0.15, 0.2) is 0 Å². The van der Waals surface area contributed by atoms with Crippen molar-refractivity contribution in [2.45, 2.75) is 98.8 Å². The molecule has 0 spiro atoms. The van der Waals surface area contributed by atoms with Crippen LogP contribution in [0.2, 0.25) is 0 Å². The van der Waals surface area contributed by atoms with Crippen LogP contribution in [-0.2, 0) is 0 Å². The Bertz CT molecular complexity index is 1490. The van der Waals surface area contributed by atoms with E-state index in [-0.39, 0.29) is 0 Å². The maximum Gasteiger partial charge on any atom is 0.0691 e. The fourth-order valence-electron chi connectivity index (χ4n) is 6.03. The molecule has 4 heteroatoms. The zero-order valence-electron chi connectivity index (χ0n) is 28.5. The van der Waals surface area contributed by atoms with Crippen molar-refractivity contribution in [2.75, 3.05) is 11.2 Å². The van der Waals surface area contributed by atoms with Gasteiger partial charge in [-0.05, 0) is 63.8 Å². The van der Waals surface area contributed by atoms with Gasteiger partial charge in [0.2, 0.25) is 0 Å². The van der Waals surface area contributed by atoms with Gasteiger partial charge in [-0.3, -0.25) is 4.74 Å². The summed E-state index contributed by atoms with van der Waals surface area (Å²) in [5.41, 5.74) is 8.07. The lowest BCUT2D eigenvalue weighted by Crippen LogP contribution is -2.18. The van der Waals surface area contributed by atoms with Crippen LogP contribution in [0.15, 0.2) is 102 Å². The average molecular weight is 625 g/mol. The summed E-state index contributed by atoms with van der Waals surface area (Å²) in [4.78, 5) is 0. The van der Waals surface area contributed by atoms with E-state index in [4.69, 9.17) is 4.74 Å². The van der Waals surface area contributed by atoms with Crippen LogP contribution in [-0.4, -0.2) is 6.16 Å². The summed E-state index contributed by atoms with van der Waals surface area (Å²) in [5, 5.41) is 7.16. The van der Waals surface area contributed by atoms with Gasteiger partial charge >= 0.3 is 0 Å². The monoisotopic (exact) mass is 624 g/mol. The number of rotatable bonds is 13. The molecule has 0 aliphatic carbocycles. The van der Waals surface area contributed by atoms with Crippen molar-refractivity contribution in [1.82, 2.24) is 0 Å². The lowest BCUT2D eigenvalue weighted by molar-refractivity contribution is 0.835. The van der Waals surface area contributed by atoms with Crippen LogP contribution in [0.25, 0.3) is 0 Å². The van der Waals surface area contributed by atoms with Crippen molar-refractivity contribution in [3.8, 4) is 0 Å². The molecule has 1 N–H and O–H groups in total. The Kier molecular flexibility index (Phi) is 12.1. The van der Waals surface area contributed by atoms with Crippen LogP contribution in [0, 0.1) is 0 Å². The molecule has 2 nitrogen and oxygen atoms in total. The van der Waals surface area contributed by atoms with Gasteiger partial charge in [0.05, 0.1) is 20.2 Å². The second kappa shape index (κ2) is 15.6. The highest BCUT2D eigenvalue weighted by molar-refractivity contribution is 8.40. The Morgan fingerprint density at radius 1 is 0.591 bits per heavy atom. The smallest absolute Gasteiger partial charge is 0.0691 e. The van der Waals surface area contributed by atoms with E-state index in [0.29, 0.717) is 23.7 Å². The summed E-state index contributed by atoms with van der Waals surface area (Å²) in [6, 6.07) is 36.4. The molecule has 0 radical (unpaired) electrons. The molecule has 0 saturated carbocycles. The van der Waals surface area contributed by atoms with Crippen LogP contribution in [0.4, 0.5) is 11.4 Å². The molecule has 0 saturated heterocycles. The molecular weight excluding hydrogens is 570 g/mol. The lowest BCUT2D eigenvalue weighted by Gasteiger charge is -2.37. The molecule has 234 valence electrons. The first kappa shape index (κ1) is 34.2. The van der Waals surface area contributed by atoms with Crippen molar-refractivity contribution >= 4 is 36.5 Å². The SMILES string of the molecule is CCCCP(=Nc1c(C(C)C)cccc1C(C)C)(c1ccccc1)P(Nc1c(C(C)C)cccc1C(C)C)c1ccccc1. The van der Waals surface area contributed by atoms with E-state index in [1.165, 1.54) is 44.2 Å². The fraction of sp³-hybridized carbons (Fsp3) is 0.400. The number of hydrogen-bond donors (Lipinski definition) is 1. The van der Waals surface area contributed by atoms with Crippen molar-refractivity contribution < 1.29 is 0 Å². The fourth-order valence-corrected chi connectivity index (χ4v) is 15.6. The molecule has 0 bridgehead atoms. The molecule has 2 atom stereocenters. The molecule has 4 aromatic carbocycles. The highest BCUT2D eigenvalue weighted by Crippen LogP contribution is 2.77. The second-order valence-corrected chi connectivity index (χ2v) is 20.4. The topological polar surface area (TPSA) is 24.4 Å². The standard InChI is InChI=1S/C40H54N2P2/c1-10-11-28-44(34-22-16-13-17-23-34,42-40-37(31(6)7)26-19-27-38(40)32(8)9)43(33-20-14-12-15-21-33)41-39-35(29(2)3)24-18-25-36(39)30(4)5/h12-27,29-32,41H,10-11,28H2,1-9H3. The molecule has 4 rings (SSSR count). The number of benzene rings is 4. The van der Waals surface area contributed by atoms with Gasteiger partial charge in [-0.1, -0.05) is 166 Å². The number of nitrogens with one attached hydrogen (secondary N) is 1. The molecular formula is C40H54N2P2. The second-order valence-electron chi connectivity index (χ2n) is 13.2. The third-order valence-electron chi connectivity index (χ3n) is 8.52. The van der Waals surface area contributed by atoms with Crippen molar-refractivity contribution in [3.05, 3.63) is 119 Å². The Balaban J connectivity index is 2.19. The summed E-state index contributed by atoms with van der Waals surface area (Å²) in [7, 11) is -0.942. The van der Waals surface area contributed by atoms with E-state index >= 15 is 0 Å². The summed E-state index contributed by atoms with van der Waals surface area (Å²) in [6.07, 6.45) is 3.36. The molecule has 44 heavy (non-hydrogen) atoms. The van der Waals surface area contributed by atoms with Gasteiger partial charge in [-0.25, -0.2) is 0 Å². The number of unbranched alkanes of at least 4 members (excludes halogenated alkanes) is 1. The van der Waals surface area contributed by atoms with Crippen LogP contribution in [0.5, 0.6) is 0 Å². The zero-order valence-corrected chi connectivity index (χ0v) is 30.3. The Hall–Kier alpha value is -2.66. The highest BCUT2D eigenvalue weighted by Gasteiger charge is 2.36.